The summed E-state index contributed by atoms with van der Waals surface area (Å²) in [6, 6.07) is 18.5. The van der Waals surface area contributed by atoms with Crippen LogP contribution in [0.25, 0.3) is 0 Å². The van der Waals surface area contributed by atoms with E-state index in [-0.39, 0.29) is 18.5 Å². The molecule has 3 nitrogen and oxygen atoms in total. The Balaban J connectivity index is 0.00000192. The maximum Gasteiger partial charge on any atom is 0.123 e. The zero-order valence-corrected chi connectivity index (χ0v) is 14.5. The van der Waals surface area contributed by atoms with Crippen LogP contribution < -0.4 is 9.47 Å². The molecule has 23 heavy (non-hydrogen) atoms. The lowest BCUT2D eigenvalue weighted by Gasteiger charge is -2.37. The zero-order valence-electron chi connectivity index (χ0n) is 13.6. The van der Waals surface area contributed by atoms with Crippen molar-refractivity contribution < 1.29 is 9.47 Å². The van der Waals surface area contributed by atoms with E-state index in [0.717, 1.165) is 31.0 Å². The van der Waals surface area contributed by atoms with E-state index in [4.69, 9.17) is 9.47 Å². The van der Waals surface area contributed by atoms with E-state index < -0.39 is 0 Å². The zero-order chi connectivity index (χ0) is 15.4. The van der Waals surface area contributed by atoms with Crippen molar-refractivity contribution in [1.29, 1.82) is 0 Å². The number of rotatable bonds is 4. The lowest BCUT2D eigenvalue weighted by molar-refractivity contribution is 0.0900. The topological polar surface area (TPSA) is 21.7 Å². The Labute approximate surface area is 144 Å². The maximum absolute atomic E-state index is 6.31. The molecule has 1 heterocycles. The van der Waals surface area contributed by atoms with Crippen LogP contribution in [0.2, 0.25) is 0 Å². The monoisotopic (exact) mass is 333 g/mol. The molecule has 0 N–H and O–H groups in total. The molecule has 0 spiro atoms. The molecule has 1 fully saturated rings. The summed E-state index contributed by atoms with van der Waals surface area (Å²) < 4.78 is 11.6. The molecule has 2 atom stereocenters. The van der Waals surface area contributed by atoms with Gasteiger partial charge in [0.15, 0.2) is 0 Å². The lowest BCUT2D eigenvalue weighted by atomic mass is 9.88. The summed E-state index contributed by atoms with van der Waals surface area (Å²) in [5.74, 6) is 2.11. The molecule has 0 unspecified atom stereocenters. The van der Waals surface area contributed by atoms with Crippen LogP contribution in [0.3, 0.4) is 0 Å². The van der Waals surface area contributed by atoms with Gasteiger partial charge in [-0.3, -0.25) is 0 Å². The number of likely N-dealkylation sites (tertiary alicyclic amines) is 1. The van der Waals surface area contributed by atoms with Gasteiger partial charge in [-0.15, -0.1) is 12.4 Å². The molecular formula is C19H24ClNO2. The van der Waals surface area contributed by atoms with Crippen LogP contribution in [0.5, 0.6) is 11.5 Å². The van der Waals surface area contributed by atoms with Crippen LogP contribution in [0.15, 0.2) is 54.6 Å². The molecule has 0 amide bonds. The molecule has 0 bridgehead atoms. The summed E-state index contributed by atoms with van der Waals surface area (Å²) in [6.07, 6.45) is 1.23. The van der Waals surface area contributed by atoms with Gasteiger partial charge in [-0.2, -0.15) is 0 Å². The second-order valence-electron chi connectivity index (χ2n) is 5.90. The Morgan fingerprint density at radius 1 is 1.00 bits per heavy atom. The molecule has 4 heteroatoms. The molecular weight excluding hydrogens is 310 g/mol. The SMILES string of the molecule is COc1cccc(O[C@H]2CCN(C)C[C@@H]2c2ccccc2)c1.Cl. The van der Waals surface area contributed by atoms with E-state index in [0.29, 0.717) is 5.92 Å². The van der Waals surface area contributed by atoms with Crippen molar-refractivity contribution in [3.8, 4) is 11.5 Å². The van der Waals surface area contributed by atoms with Crippen LogP contribution in [0, 0.1) is 0 Å². The average Bonchev–Trinajstić information content (AvgIpc) is 2.57. The molecule has 0 radical (unpaired) electrons. The molecule has 2 aromatic carbocycles. The number of ether oxygens (including phenoxy) is 2. The third kappa shape index (κ3) is 4.40. The average molecular weight is 334 g/mol. The van der Waals surface area contributed by atoms with Gasteiger partial charge in [0.25, 0.3) is 0 Å². The first-order chi connectivity index (χ1) is 10.8. The van der Waals surface area contributed by atoms with E-state index in [9.17, 15) is 0 Å². The quantitative estimate of drug-likeness (QED) is 0.844. The maximum atomic E-state index is 6.31. The van der Waals surface area contributed by atoms with E-state index in [2.05, 4.69) is 42.3 Å². The molecule has 3 rings (SSSR count). The van der Waals surface area contributed by atoms with Crippen molar-refractivity contribution in [1.82, 2.24) is 4.90 Å². The Kier molecular flexibility index (Phi) is 6.31. The third-order valence-corrected chi connectivity index (χ3v) is 4.31. The van der Waals surface area contributed by atoms with Gasteiger partial charge in [0.05, 0.1) is 7.11 Å². The molecule has 1 aliphatic heterocycles. The van der Waals surface area contributed by atoms with Crippen molar-refractivity contribution in [2.45, 2.75) is 18.4 Å². The minimum absolute atomic E-state index is 0. The van der Waals surface area contributed by atoms with E-state index >= 15 is 0 Å². The normalized spacial score (nSPS) is 21.3. The van der Waals surface area contributed by atoms with E-state index in [1.807, 2.05) is 24.3 Å². The molecule has 0 saturated carbocycles. The number of benzene rings is 2. The van der Waals surface area contributed by atoms with Gasteiger partial charge in [0.1, 0.15) is 17.6 Å². The fraction of sp³-hybridized carbons (Fsp3) is 0.368. The minimum Gasteiger partial charge on any atom is -0.497 e. The fourth-order valence-electron chi connectivity index (χ4n) is 3.10. The van der Waals surface area contributed by atoms with E-state index in [1.165, 1.54) is 5.56 Å². The Bertz CT molecular complexity index is 605. The van der Waals surface area contributed by atoms with Crippen molar-refractivity contribution in [2.75, 3.05) is 27.2 Å². The summed E-state index contributed by atoms with van der Waals surface area (Å²) in [6.45, 7) is 2.09. The second-order valence-corrected chi connectivity index (χ2v) is 5.90. The van der Waals surface area contributed by atoms with Gasteiger partial charge in [-0.1, -0.05) is 36.4 Å². The number of nitrogens with zero attached hydrogens (tertiary/aromatic N) is 1. The highest BCUT2D eigenvalue weighted by atomic mass is 35.5. The van der Waals surface area contributed by atoms with Crippen LogP contribution in [-0.2, 0) is 0 Å². The molecule has 1 aliphatic rings. The lowest BCUT2D eigenvalue weighted by Crippen LogP contribution is -2.42. The van der Waals surface area contributed by atoms with Crippen molar-refractivity contribution in [3.63, 3.8) is 0 Å². The Morgan fingerprint density at radius 2 is 1.74 bits per heavy atom. The number of hydrogen-bond donors (Lipinski definition) is 0. The van der Waals surface area contributed by atoms with Gasteiger partial charge >= 0.3 is 0 Å². The minimum atomic E-state index is 0. The highest BCUT2D eigenvalue weighted by Crippen LogP contribution is 2.31. The van der Waals surface area contributed by atoms with Gasteiger partial charge in [0, 0.05) is 25.1 Å². The third-order valence-electron chi connectivity index (χ3n) is 4.31. The van der Waals surface area contributed by atoms with Gasteiger partial charge in [0.2, 0.25) is 0 Å². The van der Waals surface area contributed by atoms with Crippen molar-refractivity contribution >= 4 is 12.4 Å². The molecule has 0 aliphatic carbocycles. The first-order valence-corrected chi connectivity index (χ1v) is 7.80. The van der Waals surface area contributed by atoms with Crippen molar-refractivity contribution in [2.24, 2.45) is 0 Å². The van der Waals surface area contributed by atoms with E-state index in [1.54, 1.807) is 7.11 Å². The van der Waals surface area contributed by atoms with Crippen LogP contribution in [-0.4, -0.2) is 38.3 Å². The second kappa shape index (κ2) is 8.23. The smallest absolute Gasteiger partial charge is 0.123 e. The summed E-state index contributed by atoms with van der Waals surface area (Å²) in [5.41, 5.74) is 1.35. The van der Waals surface area contributed by atoms with Gasteiger partial charge in [-0.05, 0) is 31.2 Å². The standard InChI is InChI=1S/C19H23NO2.ClH/c1-20-12-11-19(18(14-20)15-7-4-3-5-8-15)22-17-10-6-9-16(13-17)21-2;/h3-10,13,18-19H,11-12,14H2,1-2H3;1H/t18-,19+;/m1./s1. The predicted octanol–water partition coefficient (Wildman–Crippen LogP) is 3.98. The van der Waals surface area contributed by atoms with Crippen LogP contribution in [0.1, 0.15) is 17.9 Å². The van der Waals surface area contributed by atoms with Crippen LogP contribution in [0.4, 0.5) is 0 Å². The van der Waals surface area contributed by atoms with Gasteiger partial charge < -0.3 is 14.4 Å². The first-order valence-electron chi connectivity index (χ1n) is 7.80. The highest BCUT2D eigenvalue weighted by molar-refractivity contribution is 5.85. The number of likely N-dealkylation sites (N-methyl/N-ethyl adjacent to an activating group) is 1. The summed E-state index contributed by atoms with van der Waals surface area (Å²) in [4.78, 5) is 2.38. The first kappa shape index (κ1) is 17.6. The molecule has 1 saturated heterocycles. The van der Waals surface area contributed by atoms with Crippen molar-refractivity contribution in [3.05, 3.63) is 60.2 Å². The molecule has 124 valence electrons. The number of piperidine rings is 1. The van der Waals surface area contributed by atoms with Gasteiger partial charge in [-0.25, -0.2) is 0 Å². The highest BCUT2D eigenvalue weighted by Gasteiger charge is 2.30. The largest absolute Gasteiger partial charge is 0.497 e. The molecule has 0 aromatic heterocycles. The number of halogens is 1. The summed E-state index contributed by atoms with van der Waals surface area (Å²) in [7, 11) is 3.86. The summed E-state index contributed by atoms with van der Waals surface area (Å²) >= 11 is 0. The summed E-state index contributed by atoms with van der Waals surface area (Å²) in [5, 5.41) is 0. The predicted molar refractivity (Wildman–Crippen MR) is 96.0 cm³/mol. The Hall–Kier alpha value is -1.71. The fourth-order valence-corrected chi connectivity index (χ4v) is 3.10. The van der Waals surface area contributed by atoms with Crippen LogP contribution >= 0.6 is 12.4 Å². The number of methoxy groups -OCH3 is 1. The molecule has 2 aromatic rings. The number of hydrogen-bond acceptors (Lipinski definition) is 3. The Morgan fingerprint density at radius 3 is 2.48 bits per heavy atom.